The van der Waals surface area contributed by atoms with Crippen molar-refractivity contribution in [2.24, 2.45) is 11.8 Å². The molecule has 162 valence electrons. The van der Waals surface area contributed by atoms with Crippen LogP contribution in [0.15, 0.2) is 29.2 Å². The fourth-order valence-corrected chi connectivity index (χ4v) is 4.53. The summed E-state index contributed by atoms with van der Waals surface area (Å²) in [6, 6.07) is 5.72. The highest BCUT2D eigenvalue weighted by atomic mass is 32.2. The summed E-state index contributed by atoms with van der Waals surface area (Å²) >= 11 is 0. The van der Waals surface area contributed by atoms with Gasteiger partial charge in [-0.25, -0.2) is 13.1 Å². The van der Waals surface area contributed by atoms with Crippen LogP contribution in [-0.4, -0.2) is 58.0 Å². The summed E-state index contributed by atoms with van der Waals surface area (Å²) in [4.78, 5) is 26.5. The van der Waals surface area contributed by atoms with Gasteiger partial charge in [0, 0.05) is 43.8 Å². The Balaban J connectivity index is 1.91. The van der Waals surface area contributed by atoms with E-state index in [1.54, 1.807) is 19.1 Å². The Morgan fingerprint density at radius 1 is 1.14 bits per heavy atom. The lowest BCUT2D eigenvalue weighted by Crippen LogP contribution is -2.43. The predicted molar refractivity (Wildman–Crippen MR) is 111 cm³/mol. The van der Waals surface area contributed by atoms with E-state index in [9.17, 15) is 18.0 Å². The van der Waals surface area contributed by atoms with Crippen molar-refractivity contribution >= 4 is 27.5 Å². The maximum atomic E-state index is 12.5. The molecule has 0 saturated carbocycles. The van der Waals surface area contributed by atoms with Gasteiger partial charge >= 0.3 is 0 Å². The second-order valence-electron chi connectivity index (χ2n) is 7.75. The number of methoxy groups -OCH3 is 1. The zero-order valence-electron chi connectivity index (χ0n) is 17.5. The minimum Gasteiger partial charge on any atom is -0.383 e. The molecule has 0 aliphatic carbocycles. The molecule has 9 heteroatoms. The smallest absolute Gasteiger partial charge is 0.240 e. The Labute approximate surface area is 173 Å². The van der Waals surface area contributed by atoms with Crippen LogP contribution in [0.1, 0.15) is 33.6 Å². The standard InChI is InChI=1S/C20H31N3O5S/c1-14(2)20(25)23-11-9-16(10-12-23)19(24)21-17-5-7-18(8-6-17)29(26,27)22-15(3)13-28-4/h5-8,14-16,22H,9-13H2,1-4H3,(H,21,24)/t15-/m1/s1. The van der Waals surface area contributed by atoms with Crippen LogP contribution in [0, 0.1) is 11.8 Å². The molecule has 1 heterocycles. The van der Waals surface area contributed by atoms with Crippen LogP contribution < -0.4 is 10.0 Å². The van der Waals surface area contributed by atoms with E-state index in [-0.39, 0.29) is 41.2 Å². The zero-order chi connectivity index (χ0) is 21.6. The maximum Gasteiger partial charge on any atom is 0.240 e. The summed E-state index contributed by atoms with van der Waals surface area (Å²) in [5.74, 6) is -0.188. The second kappa shape index (κ2) is 10.2. The van der Waals surface area contributed by atoms with E-state index in [1.807, 2.05) is 18.7 Å². The Morgan fingerprint density at radius 3 is 2.24 bits per heavy atom. The third-order valence-corrected chi connectivity index (χ3v) is 6.48. The van der Waals surface area contributed by atoms with Gasteiger partial charge in [0.05, 0.1) is 11.5 Å². The lowest BCUT2D eigenvalue weighted by atomic mass is 9.95. The molecule has 1 aromatic rings. The maximum absolute atomic E-state index is 12.5. The number of anilines is 1. The lowest BCUT2D eigenvalue weighted by Gasteiger charge is -2.32. The highest BCUT2D eigenvalue weighted by molar-refractivity contribution is 7.89. The molecule has 0 spiro atoms. The Bertz CT molecular complexity index is 800. The molecule has 2 amide bonds. The van der Waals surface area contributed by atoms with Crippen LogP contribution in [0.3, 0.4) is 0 Å². The van der Waals surface area contributed by atoms with Gasteiger partial charge in [0.15, 0.2) is 0 Å². The highest BCUT2D eigenvalue weighted by Gasteiger charge is 2.28. The first-order valence-electron chi connectivity index (χ1n) is 9.85. The number of carbonyl (C=O) groups excluding carboxylic acids is 2. The lowest BCUT2D eigenvalue weighted by molar-refractivity contribution is -0.137. The van der Waals surface area contributed by atoms with Gasteiger partial charge in [0.1, 0.15) is 0 Å². The number of hydrogen-bond acceptors (Lipinski definition) is 5. The minimum absolute atomic E-state index is 0.0397. The molecule has 29 heavy (non-hydrogen) atoms. The van der Waals surface area contributed by atoms with E-state index >= 15 is 0 Å². The van der Waals surface area contributed by atoms with Crippen molar-refractivity contribution in [1.82, 2.24) is 9.62 Å². The Morgan fingerprint density at radius 2 is 1.72 bits per heavy atom. The van der Waals surface area contributed by atoms with E-state index in [2.05, 4.69) is 10.0 Å². The quantitative estimate of drug-likeness (QED) is 0.661. The summed E-state index contributed by atoms with van der Waals surface area (Å²) in [6.45, 7) is 6.90. The molecule has 1 fully saturated rings. The molecule has 0 unspecified atom stereocenters. The van der Waals surface area contributed by atoms with Crippen molar-refractivity contribution in [1.29, 1.82) is 0 Å². The molecule has 8 nitrogen and oxygen atoms in total. The molecule has 1 saturated heterocycles. The first-order valence-corrected chi connectivity index (χ1v) is 11.3. The van der Waals surface area contributed by atoms with E-state index < -0.39 is 10.0 Å². The van der Waals surface area contributed by atoms with Gasteiger partial charge < -0.3 is 15.0 Å². The molecule has 1 aliphatic rings. The van der Waals surface area contributed by atoms with Crippen LogP contribution in [0.5, 0.6) is 0 Å². The summed E-state index contributed by atoms with van der Waals surface area (Å²) in [5.41, 5.74) is 0.541. The van der Waals surface area contributed by atoms with E-state index in [0.29, 0.717) is 31.6 Å². The fraction of sp³-hybridized carbons (Fsp3) is 0.600. The molecular weight excluding hydrogens is 394 g/mol. The Kier molecular flexibility index (Phi) is 8.18. The number of sulfonamides is 1. The number of likely N-dealkylation sites (tertiary alicyclic amines) is 1. The van der Waals surface area contributed by atoms with E-state index in [4.69, 9.17) is 4.74 Å². The second-order valence-corrected chi connectivity index (χ2v) is 9.46. The largest absolute Gasteiger partial charge is 0.383 e. The average Bonchev–Trinajstić information content (AvgIpc) is 2.67. The highest BCUT2D eigenvalue weighted by Crippen LogP contribution is 2.21. The number of rotatable bonds is 8. The van der Waals surface area contributed by atoms with Gasteiger partial charge in [0.2, 0.25) is 21.8 Å². The normalized spacial score (nSPS) is 16.7. The van der Waals surface area contributed by atoms with Gasteiger partial charge in [-0.05, 0) is 44.0 Å². The summed E-state index contributed by atoms with van der Waals surface area (Å²) in [7, 11) is -2.14. The SMILES string of the molecule is COC[C@@H](C)NS(=O)(=O)c1ccc(NC(=O)C2CCN(C(=O)C(C)C)CC2)cc1. The Hall–Kier alpha value is -1.97. The first kappa shape index (κ1) is 23.3. The van der Waals surface area contributed by atoms with Crippen molar-refractivity contribution < 1.29 is 22.7 Å². The molecule has 1 aliphatic heterocycles. The third-order valence-electron chi connectivity index (χ3n) is 4.88. The van der Waals surface area contributed by atoms with Crippen molar-refractivity contribution in [3.8, 4) is 0 Å². The molecule has 2 N–H and O–H groups in total. The van der Waals surface area contributed by atoms with Gasteiger partial charge in [-0.1, -0.05) is 13.8 Å². The molecule has 0 radical (unpaired) electrons. The van der Waals surface area contributed by atoms with Crippen LogP contribution in [0.4, 0.5) is 5.69 Å². The number of nitrogens with zero attached hydrogens (tertiary/aromatic N) is 1. The van der Waals surface area contributed by atoms with Gasteiger partial charge in [-0.3, -0.25) is 9.59 Å². The minimum atomic E-state index is -3.65. The molecular formula is C20H31N3O5S. The fourth-order valence-electron chi connectivity index (χ4n) is 3.31. The van der Waals surface area contributed by atoms with Gasteiger partial charge in [0.25, 0.3) is 0 Å². The number of piperidine rings is 1. The van der Waals surface area contributed by atoms with Gasteiger partial charge in [-0.15, -0.1) is 0 Å². The number of carbonyl (C=O) groups is 2. The van der Waals surface area contributed by atoms with Crippen LogP contribution >= 0.6 is 0 Å². The number of nitrogens with one attached hydrogen (secondary N) is 2. The van der Waals surface area contributed by atoms with Crippen molar-refractivity contribution in [2.75, 3.05) is 32.1 Å². The molecule has 0 aromatic heterocycles. The molecule has 1 aromatic carbocycles. The third kappa shape index (κ3) is 6.52. The number of hydrogen-bond donors (Lipinski definition) is 2. The van der Waals surface area contributed by atoms with Crippen LogP contribution in [0.2, 0.25) is 0 Å². The van der Waals surface area contributed by atoms with Crippen molar-refractivity contribution in [3.05, 3.63) is 24.3 Å². The number of ether oxygens (including phenoxy) is 1. The topological polar surface area (TPSA) is 105 Å². The molecule has 2 rings (SSSR count). The van der Waals surface area contributed by atoms with Crippen LogP contribution in [-0.2, 0) is 24.3 Å². The first-order chi connectivity index (χ1) is 13.6. The predicted octanol–water partition coefficient (Wildman–Crippen LogP) is 1.83. The summed E-state index contributed by atoms with van der Waals surface area (Å²) < 4.78 is 32.2. The summed E-state index contributed by atoms with van der Waals surface area (Å²) in [5, 5.41) is 2.84. The zero-order valence-corrected chi connectivity index (χ0v) is 18.3. The number of benzene rings is 1. The monoisotopic (exact) mass is 425 g/mol. The average molecular weight is 426 g/mol. The molecule has 0 bridgehead atoms. The number of amides is 2. The van der Waals surface area contributed by atoms with Crippen LogP contribution in [0.25, 0.3) is 0 Å². The molecule has 1 atom stereocenters. The van der Waals surface area contributed by atoms with Gasteiger partial charge in [-0.2, -0.15) is 0 Å². The van der Waals surface area contributed by atoms with E-state index in [1.165, 1.54) is 19.2 Å². The van der Waals surface area contributed by atoms with E-state index in [0.717, 1.165) is 0 Å². The van der Waals surface area contributed by atoms with Crippen molar-refractivity contribution in [2.45, 2.75) is 44.6 Å². The summed E-state index contributed by atoms with van der Waals surface area (Å²) in [6.07, 6.45) is 1.25. The van der Waals surface area contributed by atoms with Crippen molar-refractivity contribution in [3.63, 3.8) is 0 Å².